The molecule has 0 bridgehead atoms. The number of rotatable bonds is 8. The van der Waals surface area contributed by atoms with E-state index in [0.717, 1.165) is 26.2 Å². The molecule has 5 nitrogen and oxygen atoms in total. The molecule has 0 aromatic rings. The fourth-order valence-electron chi connectivity index (χ4n) is 0.759. The van der Waals surface area contributed by atoms with E-state index in [9.17, 15) is 0 Å². The van der Waals surface area contributed by atoms with Gasteiger partial charge < -0.3 is 19.3 Å². The van der Waals surface area contributed by atoms with Crippen LogP contribution in [0.1, 0.15) is 41.5 Å². The standard InChI is InChI=1S/C6H16NO2P.C5H13N.C2H6.CH2O/c1-3-7(4-2)10-9-6-5-8;1-4-6(3)5-2;2*1-2/h8,10H,3-6H2,1-2H3;4-5H2,1-3H3;1-2H3;1H2. The van der Waals surface area contributed by atoms with Gasteiger partial charge >= 0.3 is 0 Å². The summed E-state index contributed by atoms with van der Waals surface area (Å²) in [6.07, 6.45) is 0. The molecule has 0 saturated carbocycles. The molecule has 0 aliphatic heterocycles. The van der Waals surface area contributed by atoms with Crippen LogP contribution in [0.25, 0.3) is 0 Å². The van der Waals surface area contributed by atoms with Gasteiger partial charge in [-0.1, -0.05) is 41.5 Å². The summed E-state index contributed by atoms with van der Waals surface area (Å²) in [7, 11) is 2.51. The molecule has 0 aliphatic carbocycles. The summed E-state index contributed by atoms with van der Waals surface area (Å²) >= 11 is 0. The topological polar surface area (TPSA) is 53.0 Å². The number of hydrogen-bond acceptors (Lipinski definition) is 5. The zero-order chi connectivity index (χ0) is 16.8. The van der Waals surface area contributed by atoms with E-state index in [1.165, 1.54) is 0 Å². The normalized spacial score (nSPS) is 9.50. The van der Waals surface area contributed by atoms with Gasteiger partial charge in [-0.3, -0.25) is 4.67 Å². The minimum atomic E-state index is 0.119. The molecule has 0 saturated heterocycles. The molecule has 0 amide bonds. The quantitative estimate of drug-likeness (QED) is 0.551. The number of carbonyl (C=O) groups excluding carboxylic acids is 1. The Morgan fingerprint density at radius 1 is 1.00 bits per heavy atom. The molecule has 0 radical (unpaired) electrons. The Morgan fingerprint density at radius 3 is 1.60 bits per heavy atom. The second-order valence-corrected chi connectivity index (χ2v) is 4.43. The fraction of sp³-hybridized carbons (Fsp3) is 0.929. The molecule has 6 heteroatoms. The van der Waals surface area contributed by atoms with Crippen LogP contribution in [0.4, 0.5) is 0 Å². The molecule has 1 unspecified atom stereocenters. The minimum Gasteiger partial charge on any atom is -0.394 e. The molecule has 20 heavy (non-hydrogen) atoms. The average molecular weight is 312 g/mol. The zero-order valence-electron chi connectivity index (χ0n) is 14.6. The molecule has 0 aromatic heterocycles. The van der Waals surface area contributed by atoms with E-state index in [4.69, 9.17) is 14.4 Å². The number of hydrogen-bond donors (Lipinski definition) is 1. The lowest BCUT2D eigenvalue weighted by Gasteiger charge is -2.16. The van der Waals surface area contributed by atoms with Gasteiger partial charge in [0.1, 0.15) is 6.79 Å². The molecule has 0 heterocycles. The lowest BCUT2D eigenvalue weighted by Crippen LogP contribution is -2.15. The molecule has 0 spiro atoms. The number of aliphatic hydroxyl groups is 1. The summed E-state index contributed by atoms with van der Waals surface area (Å²) < 4.78 is 7.31. The second kappa shape index (κ2) is 31.4. The molecule has 126 valence electrons. The Morgan fingerprint density at radius 2 is 1.40 bits per heavy atom. The Kier molecular flexibility index (Phi) is 44.2. The van der Waals surface area contributed by atoms with Gasteiger partial charge in [0.15, 0.2) is 0 Å². The van der Waals surface area contributed by atoms with Crippen molar-refractivity contribution in [3.05, 3.63) is 0 Å². The molecule has 1 atom stereocenters. The third-order valence-electron chi connectivity index (χ3n) is 2.23. The Hall–Kier alpha value is -0.0600. The van der Waals surface area contributed by atoms with Gasteiger partial charge in [0.05, 0.1) is 22.2 Å². The van der Waals surface area contributed by atoms with Crippen LogP contribution in [0.5, 0.6) is 0 Å². The SMILES string of the molecule is C=O.CC.CCN(C)CC.CCN(CC)POCCO. The van der Waals surface area contributed by atoms with Gasteiger partial charge in [-0.2, -0.15) is 0 Å². The van der Waals surface area contributed by atoms with Crippen molar-refractivity contribution in [2.75, 3.05) is 46.4 Å². The largest absolute Gasteiger partial charge is 0.394 e. The van der Waals surface area contributed by atoms with Crippen molar-refractivity contribution >= 4 is 15.7 Å². The van der Waals surface area contributed by atoms with Crippen molar-refractivity contribution in [3.8, 4) is 0 Å². The van der Waals surface area contributed by atoms with Crippen LogP contribution >= 0.6 is 8.96 Å². The number of carbonyl (C=O) groups is 1. The first kappa shape index (κ1) is 28.2. The lowest BCUT2D eigenvalue weighted by atomic mass is 10.6. The Bertz CT molecular complexity index is 136. The Balaban J connectivity index is -0.000000109. The van der Waals surface area contributed by atoms with Gasteiger partial charge in [0, 0.05) is 13.1 Å². The monoisotopic (exact) mass is 312 g/mol. The molecule has 0 fully saturated rings. The summed E-state index contributed by atoms with van der Waals surface area (Å²) in [5.74, 6) is 0. The summed E-state index contributed by atoms with van der Waals surface area (Å²) in [5.41, 5.74) is 0. The molecular weight excluding hydrogens is 275 g/mol. The highest BCUT2D eigenvalue weighted by atomic mass is 31.1. The van der Waals surface area contributed by atoms with Crippen LogP contribution in [0.2, 0.25) is 0 Å². The van der Waals surface area contributed by atoms with Crippen LogP contribution in [-0.4, -0.2) is 67.9 Å². The third-order valence-corrected chi connectivity index (χ3v) is 3.45. The summed E-state index contributed by atoms with van der Waals surface area (Å²) in [5, 5.41) is 8.39. The molecule has 0 aliphatic rings. The maximum absolute atomic E-state index is 8.39. The van der Waals surface area contributed by atoms with Gasteiger partial charge in [-0.25, -0.2) is 0 Å². The van der Waals surface area contributed by atoms with E-state index in [1.54, 1.807) is 0 Å². The lowest BCUT2D eigenvalue weighted by molar-refractivity contribution is -0.0979. The zero-order valence-corrected chi connectivity index (χ0v) is 15.6. The maximum atomic E-state index is 8.39. The van der Waals surface area contributed by atoms with Gasteiger partial charge in [0.25, 0.3) is 0 Å². The highest BCUT2D eigenvalue weighted by molar-refractivity contribution is 7.29. The smallest absolute Gasteiger partial charge is 0.106 e. The fourth-order valence-corrected chi connectivity index (χ4v) is 1.38. The van der Waals surface area contributed by atoms with Gasteiger partial charge in [-0.05, 0) is 20.1 Å². The van der Waals surface area contributed by atoms with Crippen molar-refractivity contribution < 1.29 is 14.4 Å². The van der Waals surface area contributed by atoms with E-state index < -0.39 is 0 Å². The van der Waals surface area contributed by atoms with Crippen LogP contribution in [0, 0.1) is 0 Å². The van der Waals surface area contributed by atoms with Crippen molar-refractivity contribution in [3.63, 3.8) is 0 Å². The first-order valence-corrected chi connectivity index (χ1v) is 8.22. The molecule has 0 rings (SSSR count). The highest BCUT2D eigenvalue weighted by Crippen LogP contribution is 2.17. The summed E-state index contributed by atoms with van der Waals surface area (Å²) in [6, 6.07) is 0. The van der Waals surface area contributed by atoms with Gasteiger partial charge in [0.2, 0.25) is 0 Å². The summed E-state index contributed by atoms with van der Waals surface area (Å²) in [6.45, 7) is 19.4. The summed E-state index contributed by atoms with van der Waals surface area (Å²) in [4.78, 5) is 10.2. The Labute approximate surface area is 128 Å². The predicted molar refractivity (Wildman–Crippen MR) is 91.6 cm³/mol. The van der Waals surface area contributed by atoms with Crippen molar-refractivity contribution in [2.24, 2.45) is 0 Å². The van der Waals surface area contributed by atoms with Crippen molar-refractivity contribution in [1.29, 1.82) is 0 Å². The third kappa shape index (κ3) is 30.7. The van der Waals surface area contributed by atoms with Crippen LogP contribution in [0.15, 0.2) is 0 Å². The molecule has 1 N–H and O–H groups in total. The van der Waals surface area contributed by atoms with Crippen molar-refractivity contribution in [1.82, 2.24) is 9.57 Å². The predicted octanol–water partition coefficient (Wildman–Crippen LogP) is 2.64. The van der Waals surface area contributed by atoms with E-state index >= 15 is 0 Å². The van der Waals surface area contributed by atoms with Crippen LogP contribution in [0.3, 0.4) is 0 Å². The first-order valence-electron chi connectivity index (χ1n) is 7.36. The van der Waals surface area contributed by atoms with E-state index in [0.29, 0.717) is 15.6 Å². The molecular formula is C14H37N2O3P. The number of aliphatic hydroxyl groups excluding tert-OH is 1. The van der Waals surface area contributed by atoms with E-state index in [2.05, 4.69) is 44.3 Å². The first-order chi connectivity index (χ1) is 9.65. The van der Waals surface area contributed by atoms with Gasteiger partial charge in [-0.15, -0.1) is 0 Å². The molecule has 0 aromatic carbocycles. The van der Waals surface area contributed by atoms with Crippen LogP contribution in [-0.2, 0) is 9.32 Å². The second-order valence-electron chi connectivity index (χ2n) is 3.32. The van der Waals surface area contributed by atoms with E-state index in [-0.39, 0.29) is 6.61 Å². The van der Waals surface area contributed by atoms with Crippen molar-refractivity contribution in [2.45, 2.75) is 41.5 Å². The minimum absolute atomic E-state index is 0.119. The van der Waals surface area contributed by atoms with Crippen LogP contribution < -0.4 is 0 Å². The van der Waals surface area contributed by atoms with E-state index in [1.807, 2.05) is 20.6 Å². The highest BCUT2D eigenvalue weighted by Gasteiger charge is 1.96. The number of nitrogens with zero attached hydrogens (tertiary/aromatic N) is 2. The average Bonchev–Trinajstić information content (AvgIpc) is 2.55. The maximum Gasteiger partial charge on any atom is 0.106 e.